The van der Waals surface area contributed by atoms with E-state index >= 15 is 0 Å². The van der Waals surface area contributed by atoms with Crippen LogP contribution in [-0.4, -0.2) is 23.3 Å². The number of carbonyl (C=O) groups excluding carboxylic acids is 2. The van der Waals surface area contributed by atoms with E-state index in [1.54, 1.807) is 18.2 Å². The van der Waals surface area contributed by atoms with Crippen LogP contribution in [0, 0.1) is 11.7 Å². The van der Waals surface area contributed by atoms with Gasteiger partial charge in [0.15, 0.2) is 5.13 Å². The normalized spacial score (nSPS) is 16.6. The first kappa shape index (κ1) is 17.4. The molecule has 4 rings (SSSR count). The lowest BCUT2D eigenvalue weighted by Gasteiger charge is -2.17. The van der Waals surface area contributed by atoms with Crippen molar-refractivity contribution in [3.05, 3.63) is 65.8 Å². The van der Waals surface area contributed by atoms with Crippen molar-refractivity contribution >= 4 is 34.0 Å². The molecule has 1 aromatic heterocycles. The third kappa shape index (κ3) is 3.59. The maximum Gasteiger partial charge on any atom is 0.231 e. The van der Waals surface area contributed by atoms with Gasteiger partial charge in [-0.05, 0) is 12.1 Å². The first-order valence-electron chi connectivity index (χ1n) is 8.48. The number of carbonyl (C=O) groups is 2. The average molecular weight is 381 g/mol. The van der Waals surface area contributed by atoms with Gasteiger partial charge in [-0.1, -0.05) is 42.5 Å². The molecule has 0 aliphatic carbocycles. The highest BCUT2D eigenvalue weighted by molar-refractivity contribution is 7.14. The Hall–Kier alpha value is -3.06. The number of benzene rings is 2. The van der Waals surface area contributed by atoms with E-state index in [0.29, 0.717) is 5.13 Å². The molecule has 3 aromatic rings. The maximum atomic E-state index is 14.0. The van der Waals surface area contributed by atoms with Gasteiger partial charge in [-0.3, -0.25) is 9.59 Å². The summed E-state index contributed by atoms with van der Waals surface area (Å²) in [5, 5.41) is 5.13. The third-order valence-corrected chi connectivity index (χ3v) is 5.20. The number of halogens is 1. The first-order chi connectivity index (χ1) is 13.1. The summed E-state index contributed by atoms with van der Waals surface area (Å²) in [6.07, 6.45) is 0.0527. The number of nitrogens with zero attached hydrogens (tertiary/aromatic N) is 2. The van der Waals surface area contributed by atoms with Crippen molar-refractivity contribution in [2.45, 2.75) is 6.42 Å². The number of hydrogen-bond donors (Lipinski definition) is 1. The Morgan fingerprint density at radius 3 is 2.67 bits per heavy atom. The lowest BCUT2D eigenvalue weighted by atomic mass is 10.1. The standard InChI is InChI=1S/C20H16FN3O2S/c21-15-8-4-5-9-17(15)24-11-14(10-18(24)25)19(26)23-20-22-16(12-27-20)13-6-2-1-3-7-13/h1-9,12,14H,10-11H2,(H,22,23,26). The van der Waals surface area contributed by atoms with Crippen LogP contribution in [0.2, 0.25) is 0 Å². The van der Waals surface area contributed by atoms with Gasteiger partial charge in [-0.15, -0.1) is 11.3 Å². The molecular formula is C20H16FN3O2S. The van der Waals surface area contributed by atoms with Crippen LogP contribution >= 0.6 is 11.3 Å². The predicted molar refractivity (Wildman–Crippen MR) is 103 cm³/mol. The van der Waals surface area contributed by atoms with E-state index < -0.39 is 11.7 Å². The number of anilines is 2. The van der Waals surface area contributed by atoms with Crippen LogP contribution in [0.25, 0.3) is 11.3 Å². The molecule has 5 nitrogen and oxygen atoms in total. The van der Waals surface area contributed by atoms with Gasteiger partial charge in [0.1, 0.15) is 5.82 Å². The smallest absolute Gasteiger partial charge is 0.231 e. The average Bonchev–Trinajstić information content (AvgIpc) is 3.30. The quantitative estimate of drug-likeness (QED) is 0.745. The molecule has 27 heavy (non-hydrogen) atoms. The summed E-state index contributed by atoms with van der Waals surface area (Å²) in [4.78, 5) is 30.6. The summed E-state index contributed by atoms with van der Waals surface area (Å²) in [6.45, 7) is 0.155. The highest BCUT2D eigenvalue weighted by Crippen LogP contribution is 2.29. The van der Waals surface area contributed by atoms with Crippen molar-refractivity contribution in [3.8, 4) is 11.3 Å². The van der Waals surface area contributed by atoms with Crippen LogP contribution in [0.5, 0.6) is 0 Å². The van der Waals surface area contributed by atoms with Gasteiger partial charge >= 0.3 is 0 Å². The van der Waals surface area contributed by atoms with Gasteiger partial charge < -0.3 is 10.2 Å². The molecule has 1 saturated heterocycles. The second-order valence-electron chi connectivity index (χ2n) is 6.25. The van der Waals surface area contributed by atoms with Crippen molar-refractivity contribution in [2.24, 2.45) is 5.92 Å². The van der Waals surface area contributed by atoms with Gasteiger partial charge in [0.2, 0.25) is 11.8 Å². The molecule has 1 N–H and O–H groups in total. The minimum atomic E-state index is -0.541. The predicted octanol–water partition coefficient (Wildman–Crippen LogP) is 3.94. The van der Waals surface area contributed by atoms with E-state index in [4.69, 9.17) is 0 Å². The molecule has 1 unspecified atom stereocenters. The molecular weight excluding hydrogens is 365 g/mol. The molecule has 0 radical (unpaired) electrons. The molecule has 1 aliphatic rings. The third-order valence-electron chi connectivity index (χ3n) is 4.44. The summed E-state index contributed by atoms with van der Waals surface area (Å²) in [6, 6.07) is 15.7. The topological polar surface area (TPSA) is 62.3 Å². The summed E-state index contributed by atoms with van der Waals surface area (Å²) in [7, 11) is 0. The van der Waals surface area contributed by atoms with Gasteiger partial charge in [0.05, 0.1) is 17.3 Å². The fourth-order valence-electron chi connectivity index (χ4n) is 3.07. The number of hydrogen-bond acceptors (Lipinski definition) is 4. The van der Waals surface area contributed by atoms with Crippen LogP contribution in [0.3, 0.4) is 0 Å². The lowest BCUT2D eigenvalue weighted by Crippen LogP contribution is -2.28. The first-order valence-corrected chi connectivity index (χ1v) is 9.36. The Balaban J connectivity index is 1.45. The molecule has 0 bridgehead atoms. The molecule has 2 amide bonds. The van der Waals surface area contributed by atoms with E-state index in [1.807, 2.05) is 35.7 Å². The molecule has 2 aromatic carbocycles. The summed E-state index contributed by atoms with van der Waals surface area (Å²) in [5.41, 5.74) is 1.96. The monoisotopic (exact) mass is 381 g/mol. The number of amides is 2. The largest absolute Gasteiger partial charge is 0.309 e. The second kappa shape index (κ2) is 7.28. The fourth-order valence-corrected chi connectivity index (χ4v) is 3.79. The fraction of sp³-hybridized carbons (Fsp3) is 0.150. The molecule has 1 aliphatic heterocycles. The Labute approximate surface area is 159 Å². The number of nitrogens with one attached hydrogen (secondary N) is 1. The van der Waals surface area contributed by atoms with Gasteiger partial charge in [-0.25, -0.2) is 9.37 Å². The van der Waals surface area contributed by atoms with Crippen molar-refractivity contribution in [1.82, 2.24) is 4.98 Å². The maximum absolute atomic E-state index is 14.0. The molecule has 1 fully saturated rings. The van der Waals surface area contributed by atoms with Crippen molar-refractivity contribution in [3.63, 3.8) is 0 Å². The van der Waals surface area contributed by atoms with Crippen LogP contribution in [0.15, 0.2) is 60.0 Å². The van der Waals surface area contributed by atoms with Crippen LogP contribution in [0.4, 0.5) is 15.2 Å². The summed E-state index contributed by atoms with van der Waals surface area (Å²) < 4.78 is 14.0. The SMILES string of the molecule is O=C(Nc1nc(-c2ccccc2)cs1)C1CC(=O)N(c2ccccc2F)C1. The van der Waals surface area contributed by atoms with E-state index in [9.17, 15) is 14.0 Å². The number of thiazole rings is 1. The highest BCUT2D eigenvalue weighted by Gasteiger charge is 2.36. The van der Waals surface area contributed by atoms with Gasteiger partial charge in [-0.2, -0.15) is 0 Å². The second-order valence-corrected chi connectivity index (χ2v) is 7.11. The van der Waals surface area contributed by atoms with E-state index in [-0.39, 0.29) is 30.5 Å². The Bertz CT molecular complexity index is 990. The molecule has 136 valence electrons. The minimum absolute atomic E-state index is 0.0527. The Morgan fingerprint density at radius 1 is 1.15 bits per heavy atom. The Kier molecular flexibility index (Phi) is 4.68. The molecule has 2 heterocycles. The minimum Gasteiger partial charge on any atom is -0.309 e. The molecule has 1 atom stereocenters. The molecule has 0 spiro atoms. The van der Waals surface area contributed by atoms with Gasteiger partial charge in [0.25, 0.3) is 0 Å². The molecule has 7 heteroatoms. The lowest BCUT2D eigenvalue weighted by molar-refractivity contribution is -0.122. The van der Waals surface area contributed by atoms with Crippen molar-refractivity contribution < 1.29 is 14.0 Å². The van der Waals surface area contributed by atoms with Crippen LogP contribution in [-0.2, 0) is 9.59 Å². The van der Waals surface area contributed by atoms with Crippen LogP contribution < -0.4 is 10.2 Å². The zero-order valence-electron chi connectivity index (χ0n) is 14.3. The number of rotatable bonds is 4. The van der Waals surface area contributed by atoms with E-state index in [1.165, 1.54) is 22.3 Å². The zero-order valence-corrected chi connectivity index (χ0v) is 15.1. The van der Waals surface area contributed by atoms with E-state index in [0.717, 1.165) is 11.3 Å². The van der Waals surface area contributed by atoms with Crippen molar-refractivity contribution in [1.29, 1.82) is 0 Å². The summed E-state index contributed by atoms with van der Waals surface area (Å²) in [5.74, 6) is -1.55. The van der Waals surface area contributed by atoms with Gasteiger partial charge in [0, 0.05) is 23.9 Å². The Morgan fingerprint density at radius 2 is 1.89 bits per heavy atom. The number of para-hydroxylation sites is 1. The zero-order chi connectivity index (χ0) is 18.8. The summed E-state index contributed by atoms with van der Waals surface area (Å²) >= 11 is 1.33. The highest BCUT2D eigenvalue weighted by atomic mass is 32.1. The molecule has 0 saturated carbocycles. The number of aromatic nitrogens is 1. The van der Waals surface area contributed by atoms with Crippen LogP contribution in [0.1, 0.15) is 6.42 Å². The van der Waals surface area contributed by atoms with E-state index in [2.05, 4.69) is 10.3 Å². The van der Waals surface area contributed by atoms with Crippen molar-refractivity contribution in [2.75, 3.05) is 16.8 Å².